The average Bonchev–Trinajstić information content (AvgIpc) is 2.94. The van der Waals surface area contributed by atoms with Crippen LogP contribution in [-0.4, -0.2) is 40.8 Å². The lowest BCUT2D eigenvalue weighted by Gasteiger charge is -2.11. The monoisotopic (exact) mass is 304 g/mol. The minimum Gasteiger partial charge on any atom is -0.380 e. The average molecular weight is 304 g/mol. The van der Waals surface area contributed by atoms with Gasteiger partial charge in [0.15, 0.2) is 0 Å². The van der Waals surface area contributed by atoms with Gasteiger partial charge in [-0.1, -0.05) is 0 Å². The zero-order valence-electron chi connectivity index (χ0n) is 11.2. The van der Waals surface area contributed by atoms with Gasteiger partial charge < -0.3 is 10.1 Å². The van der Waals surface area contributed by atoms with Gasteiger partial charge in [0.2, 0.25) is 10.0 Å². The van der Waals surface area contributed by atoms with Crippen molar-refractivity contribution in [3.8, 4) is 0 Å². The van der Waals surface area contributed by atoms with E-state index >= 15 is 0 Å². The third kappa shape index (κ3) is 4.00. The molecule has 108 valence electrons. The standard InChI is InChI=1S/C12H20N2O3S2/c1-9-7-12(10(2)18-9)19(15,16)14-5-4-13-11-3-6-17-8-11/h7,11,13-14H,3-6,8H2,1-2H3. The number of sulfonamides is 1. The Balaban J connectivity index is 1.82. The quantitative estimate of drug-likeness (QED) is 0.770. The molecule has 0 spiro atoms. The number of thiophene rings is 1. The van der Waals surface area contributed by atoms with E-state index in [4.69, 9.17) is 4.74 Å². The van der Waals surface area contributed by atoms with E-state index in [1.165, 1.54) is 11.3 Å². The van der Waals surface area contributed by atoms with Gasteiger partial charge in [0.25, 0.3) is 0 Å². The normalized spacial score (nSPS) is 20.0. The van der Waals surface area contributed by atoms with Crippen LogP contribution in [-0.2, 0) is 14.8 Å². The van der Waals surface area contributed by atoms with Gasteiger partial charge in [0, 0.05) is 35.5 Å². The predicted octanol–water partition coefficient (Wildman–Crippen LogP) is 1.02. The van der Waals surface area contributed by atoms with Gasteiger partial charge in [-0.3, -0.25) is 0 Å². The van der Waals surface area contributed by atoms with E-state index in [2.05, 4.69) is 10.0 Å². The molecule has 7 heteroatoms. The molecule has 1 aromatic rings. The summed E-state index contributed by atoms with van der Waals surface area (Å²) in [6.45, 7) is 6.27. The smallest absolute Gasteiger partial charge is 0.241 e. The lowest BCUT2D eigenvalue weighted by atomic mass is 10.3. The molecule has 1 fully saturated rings. The van der Waals surface area contributed by atoms with Crippen LogP contribution in [0.3, 0.4) is 0 Å². The van der Waals surface area contributed by atoms with Gasteiger partial charge in [0.05, 0.1) is 11.5 Å². The Bertz CT molecular complexity index is 519. The highest BCUT2D eigenvalue weighted by Crippen LogP contribution is 2.24. The Kier molecular flexibility index (Phi) is 4.97. The third-order valence-electron chi connectivity index (χ3n) is 3.06. The summed E-state index contributed by atoms with van der Waals surface area (Å²) in [6, 6.07) is 2.08. The Morgan fingerprint density at radius 1 is 1.42 bits per heavy atom. The molecule has 5 nitrogen and oxygen atoms in total. The fourth-order valence-electron chi connectivity index (χ4n) is 2.11. The summed E-state index contributed by atoms with van der Waals surface area (Å²) < 4.78 is 32.1. The molecule has 1 saturated heterocycles. The van der Waals surface area contributed by atoms with E-state index in [0.29, 0.717) is 24.0 Å². The molecule has 0 saturated carbocycles. The number of ether oxygens (including phenoxy) is 1. The minimum absolute atomic E-state index is 0.356. The maximum Gasteiger partial charge on any atom is 0.241 e. The molecule has 0 bridgehead atoms. The molecule has 0 amide bonds. The molecule has 0 aromatic carbocycles. The second-order valence-corrected chi connectivity index (χ2v) is 7.89. The molecule has 1 atom stereocenters. The van der Waals surface area contributed by atoms with Crippen LogP contribution in [0.1, 0.15) is 16.2 Å². The van der Waals surface area contributed by atoms with Crippen LogP contribution in [0.5, 0.6) is 0 Å². The fraction of sp³-hybridized carbons (Fsp3) is 0.667. The zero-order valence-corrected chi connectivity index (χ0v) is 12.9. The van der Waals surface area contributed by atoms with Gasteiger partial charge in [-0.15, -0.1) is 11.3 Å². The second-order valence-electron chi connectivity index (χ2n) is 4.69. The molecule has 1 unspecified atom stereocenters. The Morgan fingerprint density at radius 3 is 2.79 bits per heavy atom. The summed E-state index contributed by atoms with van der Waals surface area (Å²) in [5.41, 5.74) is 0. The number of aryl methyl sites for hydroxylation is 2. The van der Waals surface area contributed by atoms with Crippen LogP contribution in [0.4, 0.5) is 0 Å². The van der Waals surface area contributed by atoms with E-state index in [1.54, 1.807) is 6.07 Å². The first-order valence-corrected chi connectivity index (χ1v) is 8.67. The Hall–Kier alpha value is -0.470. The lowest BCUT2D eigenvalue weighted by Crippen LogP contribution is -2.37. The minimum atomic E-state index is -3.38. The van der Waals surface area contributed by atoms with Crippen molar-refractivity contribution in [3.63, 3.8) is 0 Å². The lowest BCUT2D eigenvalue weighted by molar-refractivity contribution is 0.190. The van der Waals surface area contributed by atoms with Crippen molar-refractivity contribution in [2.75, 3.05) is 26.3 Å². The van der Waals surface area contributed by atoms with Crippen molar-refractivity contribution in [3.05, 3.63) is 15.8 Å². The van der Waals surface area contributed by atoms with Crippen molar-refractivity contribution < 1.29 is 13.2 Å². The topological polar surface area (TPSA) is 67.4 Å². The summed E-state index contributed by atoms with van der Waals surface area (Å²) in [6.07, 6.45) is 0.996. The summed E-state index contributed by atoms with van der Waals surface area (Å²) in [4.78, 5) is 2.25. The van der Waals surface area contributed by atoms with Crippen molar-refractivity contribution in [2.24, 2.45) is 0 Å². The highest BCUT2D eigenvalue weighted by molar-refractivity contribution is 7.89. The van der Waals surface area contributed by atoms with E-state index < -0.39 is 10.0 Å². The molecular weight excluding hydrogens is 284 g/mol. The molecule has 0 radical (unpaired) electrons. The molecule has 1 aliphatic heterocycles. The first-order chi connectivity index (χ1) is 8.99. The van der Waals surface area contributed by atoms with Crippen LogP contribution >= 0.6 is 11.3 Å². The molecule has 2 rings (SSSR count). The van der Waals surface area contributed by atoms with Gasteiger partial charge in [-0.25, -0.2) is 13.1 Å². The van der Waals surface area contributed by atoms with Gasteiger partial charge in [-0.05, 0) is 26.3 Å². The number of nitrogens with one attached hydrogen (secondary N) is 2. The second kappa shape index (κ2) is 6.32. The summed E-state index contributed by atoms with van der Waals surface area (Å²) >= 11 is 1.50. The van der Waals surface area contributed by atoms with Gasteiger partial charge >= 0.3 is 0 Å². The van der Waals surface area contributed by atoms with Gasteiger partial charge in [0.1, 0.15) is 0 Å². The maximum absolute atomic E-state index is 12.1. The van der Waals surface area contributed by atoms with Crippen molar-refractivity contribution in [1.29, 1.82) is 0 Å². The van der Waals surface area contributed by atoms with Crippen molar-refractivity contribution in [1.82, 2.24) is 10.0 Å². The summed E-state index contributed by atoms with van der Waals surface area (Å²) in [5.74, 6) is 0. The van der Waals surface area contributed by atoms with E-state index in [9.17, 15) is 8.42 Å². The van der Waals surface area contributed by atoms with Crippen molar-refractivity contribution in [2.45, 2.75) is 31.2 Å². The van der Waals surface area contributed by atoms with Crippen LogP contribution in [0.25, 0.3) is 0 Å². The molecule has 1 aliphatic rings. The molecule has 0 aliphatic carbocycles. The van der Waals surface area contributed by atoms with Crippen LogP contribution in [0.2, 0.25) is 0 Å². The number of hydrogen-bond acceptors (Lipinski definition) is 5. The number of hydrogen-bond donors (Lipinski definition) is 2. The maximum atomic E-state index is 12.1. The van der Waals surface area contributed by atoms with Gasteiger partial charge in [-0.2, -0.15) is 0 Å². The molecule has 2 N–H and O–H groups in total. The molecule has 19 heavy (non-hydrogen) atoms. The largest absolute Gasteiger partial charge is 0.380 e. The summed E-state index contributed by atoms with van der Waals surface area (Å²) in [5, 5.41) is 3.28. The first-order valence-electron chi connectivity index (χ1n) is 6.37. The van der Waals surface area contributed by atoms with Crippen LogP contribution in [0, 0.1) is 13.8 Å². The Morgan fingerprint density at radius 2 is 2.21 bits per heavy atom. The summed E-state index contributed by atoms with van der Waals surface area (Å²) in [7, 11) is -3.38. The predicted molar refractivity (Wildman–Crippen MR) is 76.2 cm³/mol. The number of rotatable bonds is 6. The first kappa shape index (κ1) is 14.9. The zero-order chi connectivity index (χ0) is 13.9. The fourth-order valence-corrected chi connectivity index (χ4v) is 4.69. The van der Waals surface area contributed by atoms with E-state index in [1.807, 2.05) is 13.8 Å². The molecule has 1 aromatic heterocycles. The Labute approximate surface area is 118 Å². The highest BCUT2D eigenvalue weighted by atomic mass is 32.2. The molecular formula is C12H20N2O3S2. The van der Waals surface area contributed by atoms with E-state index in [0.717, 1.165) is 29.4 Å². The van der Waals surface area contributed by atoms with Crippen LogP contribution in [0.15, 0.2) is 11.0 Å². The molecule has 2 heterocycles. The van der Waals surface area contributed by atoms with E-state index in [-0.39, 0.29) is 0 Å². The van der Waals surface area contributed by atoms with Crippen molar-refractivity contribution >= 4 is 21.4 Å². The third-order valence-corrected chi connectivity index (χ3v) is 5.75. The highest BCUT2D eigenvalue weighted by Gasteiger charge is 2.19. The van der Waals surface area contributed by atoms with Crippen LogP contribution < -0.4 is 10.0 Å². The SMILES string of the molecule is Cc1cc(S(=O)(=O)NCCNC2CCOC2)c(C)s1.